The summed E-state index contributed by atoms with van der Waals surface area (Å²) in [5.41, 5.74) is 0. The second kappa shape index (κ2) is 18.2. The van der Waals surface area contributed by atoms with E-state index in [0.29, 0.717) is 24.7 Å². The van der Waals surface area contributed by atoms with Crippen LogP contribution in [0.3, 0.4) is 0 Å². The van der Waals surface area contributed by atoms with Gasteiger partial charge in [-0.1, -0.05) is 90.7 Å². The van der Waals surface area contributed by atoms with Crippen LogP contribution in [0.2, 0.25) is 0 Å². The lowest BCUT2D eigenvalue weighted by Crippen LogP contribution is -2.36. The Hall–Kier alpha value is -0.820. The van der Waals surface area contributed by atoms with Gasteiger partial charge in [-0.25, -0.2) is 0 Å². The largest absolute Gasteiger partial charge is 0.466 e. The topological polar surface area (TPSA) is 55.8 Å². The zero-order chi connectivity index (χ0) is 21.2. The second-order valence-corrected chi connectivity index (χ2v) is 7.98. The van der Waals surface area contributed by atoms with Crippen LogP contribution < -0.4 is 0 Å². The number of unbranched alkanes of at least 4 members (excludes halogenated alkanes) is 7. The molecule has 0 amide bonds. The molecule has 5 nitrogen and oxygen atoms in total. The van der Waals surface area contributed by atoms with Gasteiger partial charge in [0.2, 0.25) is 0 Å². The molecule has 0 aromatic carbocycles. The smallest absolute Gasteiger partial charge is 0.316 e. The third-order valence-electron chi connectivity index (χ3n) is 4.43. The van der Waals surface area contributed by atoms with E-state index in [0.717, 1.165) is 38.5 Å². The SMILES string of the molecule is CCCCCCCCN(S)C(=S)C(CC(=O)OCCCC)C(=O)OCCCC. The maximum atomic E-state index is 12.5. The fraction of sp³-hybridized carbons (Fsp3) is 0.857. The minimum absolute atomic E-state index is 0.0962. The van der Waals surface area contributed by atoms with Gasteiger partial charge in [0.25, 0.3) is 0 Å². The highest BCUT2D eigenvalue weighted by atomic mass is 32.1. The normalized spacial score (nSPS) is 11.7. The van der Waals surface area contributed by atoms with Crippen molar-refractivity contribution in [3.05, 3.63) is 0 Å². The molecule has 0 aliphatic carbocycles. The number of carbonyl (C=O) groups excluding carboxylic acids is 2. The average Bonchev–Trinajstić information content (AvgIpc) is 2.68. The van der Waals surface area contributed by atoms with Crippen LogP contribution in [0.5, 0.6) is 0 Å². The van der Waals surface area contributed by atoms with Crippen molar-refractivity contribution in [1.82, 2.24) is 4.31 Å². The van der Waals surface area contributed by atoms with Gasteiger partial charge in [0.15, 0.2) is 0 Å². The Balaban J connectivity index is 4.65. The summed E-state index contributed by atoms with van der Waals surface area (Å²) in [4.78, 5) is 25.0. The molecular weight excluding hydrogens is 394 g/mol. The third-order valence-corrected chi connectivity index (χ3v) is 5.49. The molecule has 0 N–H and O–H groups in total. The van der Waals surface area contributed by atoms with Crippen molar-refractivity contribution in [1.29, 1.82) is 0 Å². The summed E-state index contributed by atoms with van der Waals surface area (Å²) in [6, 6.07) is 0. The Morgan fingerprint density at radius 2 is 1.39 bits per heavy atom. The molecule has 0 saturated carbocycles. The zero-order valence-corrected chi connectivity index (χ0v) is 19.6. The third kappa shape index (κ3) is 13.4. The average molecular weight is 434 g/mol. The van der Waals surface area contributed by atoms with Crippen LogP contribution >= 0.6 is 25.0 Å². The minimum atomic E-state index is -0.821. The first-order chi connectivity index (χ1) is 13.5. The highest BCUT2D eigenvalue weighted by molar-refractivity contribution is 7.84. The summed E-state index contributed by atoms with van der Waals surface area (Å²) in [6.45, 7) is 7.60. The van der Waals surface area contributed by atoms with Crippen LogP contribution in [0.1, 0.15) is 91.4 Å². The Labute approximate surface area is 182 Å². The lowest BCUT2D eigenvalue weighted by molar-refractivity contribution is -0.153. The van der Waals surface area contributed by atoms with E-state index in [4.69, 9.17) is 21.7 Å². The molecule has 164 valence electrons. The van der Waals surface area contributed by atoms with Crippen LogP contribution in [0.25, 0.3) is 0 Å². The molecule has 0 bridgehead atoms. The first-order valence-corrected chi connectivity index (χ1v) is 11.6. The molecule has 0 heterocycles. The van der Waals surface area contributed by atoms with Gasteiger partial charge >= 0.3 is 11.9 Å². The summed E-state index contributed by atoms with van der Waals surface area (Å²) < 4.78 is 12.1. The van der Waals surface area contributed by atoms with Gasteiger partial charge in [-0.15, -0.1) is 0 Å². The quantitative estimate of drug-likeness (QED) is 0.141. The monoisotopic (exact) mass is 433 g/mol. The highest BCUT2D eigenvalue weighted by Crippen LogP contribution is 2.17. The molecule has 0 radical (unpaired) electrons. The molecule has 0 aromatic rings. The summed E-state index contributed by atoms with van der Waals surface area (Å²) in [5.74, 6) is -1.71. The number of hydrogen-bond acceptors (Lipinski definition) is 6. The van der Waals surface area contributed by atoms with Crippen molar-refractivity contribution < 1.29 is 19.1 Å². The van der Waals surface area contributed by atoms with E-state index >= 15 is 0 Å². The zero-order valence-electron chi connectivity index (χ0n) is 17.9. The van der Waals surface area contributed by atoms with Gasteiger partial charge in [-0.3, -0.25) is 9.59 Å². The predicted octanol–water partition coefficient (Wildman–Crippen LogP) is 5.51. The van der Waals surface area contributed by atoms with Gasteiger partial charge in [0, 0.05) is 6.54 Å². The Morgan fingerprint density at radius 1 is 0.857 bits per heavy atom. The molecule has 7 heteroatoms. The summed E-state index contributed by atoms with van der Waals surface area (Å²) in [7, 11) is 0. The molecule has 28 heavy (non-hydrogen) atoms. The van der Waals surface area contributed by atoms with Gasteiger partial charge < -0.3 is 13.8 Å². The van der Waals surface area contributed by atoms with Crippen LogP contribution in [0, 0.1) is 5.92 Å². The highest BCUT2D eigenvalue weighted by Gasteiger charge is 2.30. The van der Waals surface area contributed by atoms with Crippen LogP contribution in [0.4, 0.5) is 0 Å². The number of ether oxygens (including phenoxy) is 2. The first-order valence-electron chi connectivity index (χ1n) is 10.8. The predicted molar refractivity (Wildman–Crippen MR) is 122 cm³/mol. The Bertz CT molecular complexity index is 446. The van der Waals surface area contributed by atoms with E-state index in [-0.39, 0.29) is 6.42 Å². The Morgan fingerprint density at radius 3 is 2.00 bits per heavy atom. The number of nitrogens with zero attached hydrogens (tertiary/aromatic N) is 1. The molecule has 0 aliphatic heterocycles. The number of thiol groups is 1. The van der Waals surface area contributed by atoms with Crippen molar-refractivity contribution in [3.63, 3.8) is 0 Å². The van der Waals surface area contributed by atoms with E-state index in [1.54, 1.807) is 4.31 Å². The number of carbonyl (C=O) groups is 2. The first kappa shape index (κ1) is 27.2. The van der Waals surface area contributed by atoms with E-state index in [9.17, 15) is 9.59 Å². The number of rotatable bonds is 17. The van der Waals surface area contributed by atoms with Crippen LogP contribution in [0.15, 0.2) is 0 Å². The van der Waals surface area contributed by atoms with E-state index < -0.39 is 17.9 Å². The molecule has 0 rings (SSSR count). The maximum Gasteiger partial charge on any atom is 0.316 e. The van der Waals surface area contributed by atoms with Gasteiger partial charge in [-0.05, 0) is 19.3 Å². The minimum Gasteiger partial charge on any atom is -0.466 e. The molecule has 0 spiro atoms. The van der Waals surface area contributed by atoms with Crippen molar-refractivity contribution in [2.45, 2.75) is 91.4 Å². The Kier molecular flexibility index (Phi) is 17.7. The van der Waals surface area contributed by atoms with Gasteiger partial charge in [0.05, 0.1) is 19.6 Å². The standard InChI is InChI=1S/C21H39NO4S2/c1-4-7-10-11-12-13-14-22(28)20(27)18(21(24)26-16-9-6-3)17-19(23)25-15-8-5-2/h18,28H,4-17H2,1-3H3. The maximum absolute atomic E-state index is 12.5. The molecule has 1 atom stereocenters. The summed E-state index contributed by atoms with van der Waals surface area (Å²) in [6.07, 6.45) is 10.3. The van der Waals surface area contributed by atoms with E-state index in [2.05, 4.69) is 19.7 Å². The van der Waals surface area contributed by atoms with Crippen molar-refractivity contribution in [3.8, 4) is 0 Å². The summed E-state index contributed by atoms with van der Waals surface area (Å²) >= 11 is 9.92. The number of hydrogen-bond donors (Lipinski definition) is 1. The molecule has 0 aliphatic rings. The van der Waals surface area contributed by atoms with E-state index in [1.165, 1.54) is 25.7 Å². The summed E-state index contributed by atoms with van der Waals surface area (Å²) in [5, 5.41) is 0. The van der Waals surface area contributed by atoms with E-state index in [1.807, 2.05) is 13.8 Å². The molecular formula is C21H39NO4S2. The lowest BCUT2D eigenvalue weighted by Gasteiger charge is -2.24. The number of esters is 2. The van der Waals surface area contributed by atoms with Crippen molar-refractivity contribution >= 4 is 42.0 Å². The van der Waals surface area contributed by atoms with Gasteiger partial charge in [-0.2, -0.15) is 0 Å². The van der Waals surface area contributed by atoms with Crippen molar-refractivity contribution in [2.24, 2.45) is 5.92 Å². The molecule has 0 saturated heterocycles. The lowest BCUT2D eigenvalue weighted by atomic mass is 10.1. The fourth-order valence-electron chi connectivity index (χ4n) is 2.58. The van der Waals surface area contributed by atoms with Crippen molar-refractivity contribution in [2.75, 3.05) is 19.8 Å². The second-order valence-electron chi connectivity index (χ2n) is 7.08. The molecule has 1 unspecified atom stereocenters. The fourth-order valence-corrected chi connectivity index (χ4v) is 3.13. The molecule has 0 fully saturated rings. The number of thiocarbonyl (C=S) groups is 1. The van der Waals surface area contributed by atoms with Gasteiger partial charge in [0.1, 0.15) is 10.9 Å². The van der Waals surface area contributed by atoms with Crippen LogP contribution in [-0.4, -0.2) is 41.0 Å². The van der Waals surface area contributed by atoms with Crippen LogP contribution in [-0.2, 0) is 19.1 Å². The molecule has 0 aromatic heterocycles.